The van der Waals surface area contributed by atoms with Crippen molar-refractivity contribution in [2.75, 3.05) is 0 Å². The van der Waals surface area contributed by atoms with Crippen molar-refractivity contribution in [3.8, 4) is 11.5 Å². The SMILES string of the molecule is CC(C)(c1ccc(O)cc1)c1ccc(O[C@@H]2O[C@H](C(=O)O)[C@@H](O)[C@H](O)[C@H]2O)cc1. The van der Waals surface area contributed by atoms with Gasteiger partial charge >= 0.3 is 5.97 Å². The van der Waals surface area contributed by atoms with Gasteiger partial charge in [-0.05, 0) is 35.4 Å². The van der Waals surface area contributed by atoms with Crippen LogP contribution in [0, 0.1) is 0 Å². The van der Waals surface area contributed by atoms with Crippen molar-refractivity contribution in [3.63, 3.8) is 0 Å². The zero-order chi connectivity index (χ0) is 21.3. The Morgan fingerprint density at radius 2 is 1.41 bits per heavy atom. The zero-order valence-corrected chi connectivity index (χ0v) is 16.0. The third kappa shape index (κ3) is 4.20. The molecule has 156 valence electrons. The second kappa shape index (κ2) is 8.00. The van der Waals surface area contributed by atoms with Gasteiger partial charge in [-0.1, -0.05) is 38.1 Å². The number of carbonyl (C=O) groups is 1. The lowest BCUT2D eigenvalue weighted by atomic mass is 9.78. The van der Waals surface area contributed by atoms with E-state index < -0.39 is 36.7 Å². The highest BCUT2D eigenvalue weighted by atomic mass is 16.7. The fourth-order valence-electron chi connectivity index (χ4n) is 3.28. The summed E-state index contributed by atoms with van der Waals surface area (Å²) in [5.74, 6) is -0.985. The molecule has 0 spiro atoms. The number of aliphatic carboxylic acids is 1. The minimum Gasteiger partial charge on any atom is -0.508 e. The normalized spacial score (nSPS) is 27.4. The maximum absolute atomic E-state index is 11.2. The van der Waals surface area contributed by atoms with E-state index in [1.807, 2.05) is 38.1 Å². The molecule has 2 aromatic rings. The molecule has 3 rings (SSSR count). The predicted molar refractivity (Wildman–Crippen MR) is 102 cm³/mol. The number of ether oxygens (including phenoxy) is 2. The van der Waals surface area contributed by atoms with Crippen molar-refractivity contribution in [1.82, 2.24) is 0 Å². The first-order valence-corrected chi connectivity index (χ1v) is 9.10. The van der Waals surface area contributed by atoms with Crippen LogP contribution in [0.1, 0.15) is 25.0 Å². The average molecular weight is 404 g/mol. The zero-order valence-electron chi connectivity index (χ0n) is 16.0. The molecule has 0 saturated carbocycles. The number of aromatic hydroxyl groups is 1. The lowest BCUT2D eigenvalue weighted by Crippen LogP contribution is -2.61. The molecule has 1 fully saturated rings. The van der Waals surface area contributed by atoms with Gasteiger partial charge in [-0.3, -0.25) is 0 Å². The number of phenolic OH excluding ortho intramolecular Hbond substituents is 1. The van der Waals surface area contributed by atoms with E-state index in [2.05, 4.69) is 0 Å². The summed E-state index contributed by atoms with van der Waals surface area (Å²) in [6, 6.07) is 13.8. The van der Waals surface area contributed by atoms with Crippen LogP contribution in [0.5, 0.6) is 11.5 Å². The number of benzene rings is 2. The number of aliphatic hydroxyl groups excluding tert-OH is 3. The van der Waals surface area contributed by atoms with Gasteiger partial charge in [-0.25, -0.2) is 4.79 Å². The molecule has 0 aromatic heterocycles. The smallest absolute Gasteiger partial charge is 0.335 e. The first-order valence-electron chi connectivity index (χ1n) is 9.10. The summed E-state index contributed by atoms with van der Waals surface area (Å²) in [5.41, 5.74) is 1.60. The van der Waals surface area contributed by atoms with Gasteiger partial charge in [0.1, 0.15) is 29.8 Å². The van der Waals surface area contributed by atoms with Crippen molar-refractivity contribution >= 4 is 5.97 Å². The Kier molecular flexibility index (Phi) is 5.81. The molecule has 5 atom stereocenters. The molecule has 1 heterocycles. The quantitative estimate of drug-likeness (QED) is 0.498. The minimum atomic E-state index is -1.77. The molecule has 1 saturated heterocycles. The van der Waals surface area contributed by atoms with Crippen molar-refractivity contribution < 1.29 is 39.8 Å². The highest BCUT2D eigenvalue weighted by Gasteiger charge is 2.48. The Bertz CT molecular complexity index is 846. The molecule has 0 bridgehead atoms. The van der Waals surface area contributed by atoms with Crippen LogP contribution >= 0.6 is 0 Å². The van der Waals surface area contributed by atoms with Crippen molar-refractivity contribution in [1.29, 1.82) is 0 Å². The summed E-state index contributed by atoms with van der Waals surface area (Å²) in [6.07, 6.45) is -8.27. The second-order valence-electron chi connectivity index (χ2n) is 7.55. The van der Waals surface area contributed by atoms with Crippen molar-refractivity contribution in [3.05, 3.63) is 59.7 Å². The van der Waals surface area contributed by atoms with Gasteiger partial charge in [0.2, 0.25) is 6.29 Å². The fourth-order valence-corrected chi connectivity index (χ4v) is 3.28. The highest BCUT2D eigenvalue weighted by molar-refractivity contribution is 5.73. The van der Waals surface area contributed by atoms with Gasteiger partial charge in [-0.15, -0.1) is 0 Å². The first kappa shape index (κ1) is 21.1. The molecule has 1 aliphatic rings. The van der Waals surface area contributed by atoms with Crippen molar-refractivity contribution in [2.24, 2.45) is 0 Å². The molecule has 8 heteroatoms. The summed E-state index contributed by atoms with van der Waals surface area (Å²) in [5, 5.41) is 48.2. The van der Waals surface area contributed by atoms with Gasteiger partial charge in [0.05, 0.1) is 0 Å². The average Bonchev–Trinajstić information content (AvgIpc) is 2.69. The van der Waals surface area contributed by atoms with Gasteiger partial charge in [0, 0.05) is 5.41 Å². The van der Waals surface area contributed by atoms with Crippen LogP contribution in [0.25, 0.3) is 0 Å². The van der Waals surface area contributed by atoms with Crippen LogP contribution < -0.4 is 4.74 Å². The number of phenols is 1. The Hall–Kier alpha value is -2.65. The molecule has 0 unspecified atom stereocenters. The maximum Gasteiger partial charge on any atom is 0.335 e. The van der Waals surface area contributed by atoms with Crippen LogP contribution in [0.4, 0.5) is 0 Å². The topological polar surface area (TPSA) is 137 Å². The summed E-state index contributed by atoms with van der Waals surface area (Å²) < 4.78 is 10.6. The summed E-state index contributed by atoms with van der Waals surface area (Å²) >= 11 is 0. The molecule has 1 aliphatic heterocycles. The van der Waals surface area contributed by atoms with Crippen LogP contribution in [0.2, 0.25) is 0 Å². The largest absolute Gasteiger partial charge is 0.508 e. The second-order valence-corrected chi connectivity index (χ2v) is 7.55. The molecular formula is C21H24O8. The summed E-state index contributed by atoms with van der Waals surface area (Å²) in [4.78, 5) is 11.2. The van der Waals surface area contributed by atoms with E-state index in [1.54, 1.807) is 24.3 Å². The molecule has 5 N–H and O–H groups in total. The third-order valence-corrected chi connectivity index (χ3v) is 5.23. The van der Waals surface area contributed by atoms with Crippen LogP contribution in [-0.2, 0) is 14.9 Å². The predicted octanol–water partition coefficient (Wildman–Crippen LogP) is 0.989. The molecular weight excluding hydrogens is 380 g/mol. The lowest BCUT2D eigenvalue weighted by Gasteiger charge is -2.38. The van der Waals surface area contributed by atoms with E-state index in [9.17, 15) is 25.2 Å². The number of rotatable bonds is 5. The van der Waals surface area contributed by atoms with Gasteiger partial charge < -0.3 is 35.0 Å². The molecule has 0 radical (unpaired) electrons. The van der Waals surface area contributed by atoms with Gasteiger partial charge in [-0.2, -0.15) is 0 Å². The number of aliphatic hydroxyl groups is 3. The van der Waals surface area contributed by atoms with E-state index in [0.29, 0.717) is 5.75 Å². The first-order chi connectivity index (χ1) is 13.6. The molecule has 29 heavy (non-hydrogen) atoms. The number of carboxylic acids is 1. The highest BCUT2D eigenvalue weighted by Crippen LogP contribution is 2.33. The molecule has 8 nitrogen and oxygen atoms in total. The van der Waals surface area contributed by atoms with E-state index in [4.69, 9.17) is 14.6 Å². The number of hydrogen-bond acceptors (Lipinski definition) is 7. The van der Waals surface area contributed by atoms with Crippen molar-refractivity contribution in [2.45, 2.75) is 50.0 Å². The maximum atomic E-state index is 11.2. The Morgan fingerprint density at radius 3 is 1.93 bits per heavy atom. The summed E-state index contributed by atoms with van der Waals surface area (Å²) in [7, 11) is 0. The molecule has 0 aliphatic carbocycles. The monoisotopic (exact) mass is 404 g/mol. The van der Waals surface area contributed by atoms with E-state index in [0.717, 1.165) is 11.1 Å². The third-order valence-electron chi connectivity index (χ3n) is 5.23. The Labute approximate surface area is 167 Å². The molecule has 2 aromatic carbocycles. The molecule has 0 amide bonds. The fraction of sp³-hybridized carbons (Fsp3) is 0.381. The van der Waals surface area contributed by atoms with Crippen LogP contribution in [-0.4, -0.2) is 62.2 Å². The number of carboxylic acid groups (broad SMARTS) is 1. The van der Waals surface area contributed by atoms with Crippen LogP contribution in [0.15, 0.2) is 48.5 Å². The Balaban J connectivity index is 1.76. The lowest BCUT2D eigenvalue weighted by molar-refractivity contribution is -0.271. The summed E-state index contributed by atoms with van der Waals surface area (Å²) in [6.45, 7) is 4.05. The van der Waals surface area contributed by atoms with E-state index in [1.165, 1.54) is 0 Å². The van der Waals surface area contributed by atoms with Crippen LogP contribution in [0.3, 0.4) is 0 Å². The van der Waals surface area contributed by atoms with E-state index in [-0.39, 0.29) is 11.2 Å². The Morgan fingerprint density at radius 1 is 0.897 bits per heavy atom. The van der Waals surface area contributed by atoms with Gasteiger partial charge in [0.15, 0.2) is 6.10 Å². The van der Waals surface area contributed by atoms with Gasteiger partial charge in [0.25, 0.3) is 0 Å². The van der Waals surface area contributed by atoms with E-state index >= 15 is 0 Å². The standard InChI is InChI=1S/C21H24O8/c1-21(2,11-3-7-13(22)8-4-11)12-5-9-14(10-6-12)28-20-17(25)15(23)16(24)18(29-20)19(26)27/h3-10,15-18,20,22-25H,1-2H3,(H,26,27)/t15-,16-,17+,18-,20+/m0/s1. The number of hydrogen-bond donors (Lipinski definition) is 5. The minimum absolute atomic E-state index is 0.186.